The second-order valence-electron chi connectivity index (χ2n) is 4.99. The van der Waals surface area contributed by atoms with E-state index in [1.54, 1.807) is 24.3 Å². The average molecular weight is 318 g/mol. The zero-order chi connectivity index (χ0) is 14.8. The first-order chi connectivity index (χ1) is 9.25. The molecule has 1 aromatic rings. The van der Waals surface area contributed by atoms with Crippen molar-refractivity contribution in [3.63, 3.8) is 0 Å². The molecule has 1 saturated heterocycles. The van der Waals surface area contributed by atoms with Gasteiger partial charge >= 0.3 is 0 Å². The quantitative estimate of drug-likeness (QED) is 0.865. The molecule has 6 nitrogen and oxygen atoms in total. The summed E-state index contributed by atoms with van der Waals surface area (Å²) in [6.07, 6.45) is 2.17. The van der Waals surface area contributed by atoms with E-state index in [1.807, 2.05) is 0 Å². The molecule has 1 fully saturated rings. The summed E-state index contributed by atoms with van der Waals surface area (Å²) in [5.74, 6) is 0.346. The first-order valence-corrected chi connectivity index (χ1v) is 10.0. The number of hydrogen-bond donors (Lipinski definition) is 2. The van der Waals surface area contributed by atoms with Crippen LogP contribution in [0.3, 0.4) is 0 Å². The average Bonchev–Trinajstić information content (AvgIpc) is 2.32. The van der Waals surface area contributed by atoms with Crippen LogP contribution in [0.5, 0.6) is 0 Å². The van der Waals surface area contributed by atoms with E-state index in [0.717, 1.165) is 6.26 Å². The van der Waals surface area contributed by atoms with Crippen molar-refractivity contribution >= 4 is 31.2 Å². The Morgan fingerprint density at radius 1 is 1.10 bits per heavy atom. The Hall–Kier alpha value is -1.28. The van der Waals surface area contributed by atoms with Crippen LogP contribution in [-0.4, -0.2) is 40.6 Å². The highest BCUT2D eigenvalue weighted by Gasteiger charge is 2.24. The van der Waals surface area contributed by atoms with Crippen LogP contribution in [0.2, 0.25) is 0 Å². The summed E-state index contributed by atoms with van der Waals surface area (Å²) in [6.45, 7) is 0. The number of benzene rings is 1. The van der Waals surface area contributed by atoms with Crippen molar-refractivity contribution in [1.29, 1.82) is 0 Å². The zero-order valence-electron chi connectivity index (χ0n) is 11.2. The number of hydrogen-bond acceptors (Lipinski definition) is 5. The van der Waals surface area contributed by atoms with Crippen molar-refractivity contribution in [3.8, 4) is 0 Å². The summed E-state index contributed by atoms with van der Waals surface area (Å²) < 4.78 is 47.8. The third kappa shape index (κ3) is 4.38. The molecule has 0 spiro atoms. The van der Waals surface area contributed by atoms with Crippen LogP contribution < -0.4 is 10.0 Å². The first-order valence-electron chi connectivity index (χ1n) is 6.29. The van der Waals surface area contributed by atoms with E-state index in [1.165, 1.54) is 0 Å². The number of rotatable bonds is 4. The highest BCUT2D eigenvalue weighted by Crippen LogP contribution is 2.25. The van der Waals surface area contributed by atoms with Gasteiger partial charge in [0.2, 0.25) is 10.0 Å². The predicted molar refractivity (Wildman–Crippen MR) is 80.2 cm³/mol. The summed E-state index contributed by atoms with van der Waals surface area (Å²) >= 11 is 0. The van der Waals surface area contributed by atoms with Crippen LogP contribution in [0.1, 0.15) is 12.8 Å². The van der Waals surface area contributed by atoms with Crippen molar-refractivity contribution in [2.75, 3.05) is 27.8 Å². The molecule has 0 atom stereocenters. The van der Waals surface area contributed by atoms with Crippen molar-refractivity contribution in [2.24, 2.45) is 0 Å². The number of sulfone groups is 1. The smallest absolute Gasteiger partial charge is 0.229 e. The molecule has 0 unspecified atom stereocenters. The minimum atomic E-state index is -3.34. The lowest BCUT2D eigenvalue weighted by atomic mass is 10.1. The van der Waals surface area contributed by atoms with Gasteiger partial charge in [0.05, 0.1) is 29.1 Å². The molecule has 1 aliphatic rings. The monoisotopic (exact) mass is 318 g/mol. The van der Waals surface area contributed by atoms with Crippen molar-refractivity contribution in [3.05, 3.63) is 24.3 Å². The van der Waals surface area contributed by atoms with Crippen molar-refractivity contribution in [1.82, 2.24) is 0 Å². The Morgan fingerprint density at radius 2 is 1.65 bits per heavy atom. The molecule has 20 heavy (non-hydrogen) atoms. The van der Waals surface area contributed by atoms with Crippen LogP contribution >= 0.6 is 0 Å². The summed E-state index contributed by atoms with van der Waals surface area (Å²) in [4.78, 5) is 0. The van der Waals surface area contributed by atoms with Crippen molar-refractivity contribution < 1.29 is 16.8 Å². The van der Waals surface area contributed by atoms with Gasteiger partial charge in [-0.15, -0.1) is 0 Å². The minimum Gasteiger partial charge on any atom is -0.381 e. The SMILES string of the molecule is CS(=O)(=O)Nc1ccccc1NC1CCS(=O)(=O)CC1. The van der Waals surface area contributed by atoms with Gasteiger partial charge in [0, 0.05) is 6.04 Å². The summed E-state index contributed by atoms with van der Waals surface area (Å²) in [5.41, 5.74) is 1.14. The van der Waals surface area contributed by atoms with Gasteiger partial charge in [0.25, 0.3) is 0 Å². The molecule has 1 heterocycles. The van der Waals surface area contributed by atoms with E-state index in [4.69, 9.17) is 0 Å². The molecule has 0 saturated carbocycles. The van der Waals surface area contributed by atoms with Gasteiger partial charge in [0.15, 0.2) is 0 Å². The Labute approximate surface area is 119 Å². The highest BCUT2D eigenvalue weighted by molar-refractivity contribution is 7.92. The summed E-state index contributed by atoms with van der Waals surface area (Å²) in [5, 5.41) is 3.22. The fourth-order valence-corrected chi connectivity index (χ4v) is 4.22. The lowest BCUT2D eigenvalue weighted by molar-refractivity contribution is 0.559. The van der Waals surface area contributed by atoms with Crippen LogP contribution in [0, 0.1) is 0 Å². The normalized spacial score (nSPS) is 19.4. The van der Waals surface area contributed by atoms with Crippen LogP contribution in [0.4, 0.5) is 11.4 Å². The van der Waals surface area contributed by atoms with Gasteiger partial charge in [-0.2, -0.15) is 0 Å². The number of nitrogens with one attached hydrogen (secondary N) is 2. The third-order valence-electron chi connectivity index (χ3n) is 3.14. The van der Waals surface area contributed by atoms with E-state index in [0.29, 0.717) is 24.2 Å². The Bertz CT molecular complexity index is 669. The van der Waals surface area contributed by atoms with Gasteiger partial charge in [-0.25, -0.2) is 16.8 Å². The highest BCUT2D eigenvalue weighted by atomic mass is 32.2. The van der Waals surface area contributed by atoms with Crippen LogP contribution in [0.15, 0.2) is 24.3 Å². The van der Waals surface area contributed by atoms with E-state index in [9.17, 15) is 16.8 Å². The molecule has 2 rings (SSSR count). The fraction of sp³-hybridized carbons (Fsp3) is 0.500. The molecule has 0 aromatic heterocycles. The Kier molecular flexibility index (Phi) is 4.24. The number of sulfonamides is 1. The fourth-order valence-electron chi connectivity index (χ4n) is 2.15. The van der Waals surface area contributed by atoms with Crippen LogP contribution in [-0.2, 0) is 19.9 Å². The Balaban J connectivity index is 2.10. The van der Waals surface area contributed by atoms with Crippen LogP contribution in [0.25, 0.3) is 0 Å². The molecule has 8 heteroatoms. The van der Waals surface area contributed by atoms with Gasteiger partial charge in [-0.05, 0) is 25.0 Å². The molecular formula is C12H18N2O4S2. The van der Waals surface area contributed by atoms with E-state index >= 15 is 0 Å². The summed E-state index contributed by atoms with van der Waals surface area (Å²) in [7, 11) is -6.24. The lowest BCUT2D eigenvalue weighted by Gasteiger charge is -2.25. The molecule has 1 aromatic carbocycles. The standard InChI is InChI=1S/C12H18N2O4S2/c1-19(15,16)14-12-5-3-2-4-11(12)13-10-6-8-20(17,18)9-7-10/h2-5,10,13-14H,6-9H2,1H3. The van der Waals surface area contributed by atoms with E-state index in [-0.39, 0.29) is 17.5 Å². The molecule has 0 aliphatic carbocycles. The Morgan fingerprint density at radius 3 is 2.20 bits per heavy atom. The van der Waals surface area contributed by atoms with Crippen molar-refractivity contribution in [2.45, 2.75) is 18.9 Å². The predicted octanol–water partition coefficient (Wildman–Crippen LogP) is 1.05. The summed E-state index contributed by atoms with van der Waals surface area (Å²) in [6, 6.07) is 7.03. The zero-order valence-corrected chi connectivity index (χ0v) is 12.8. The van der Waals surface area contributed by atoms with E-state index in [2.05, 4.69) is 10.0 Å². The molecule has 0 amide bonds. The number of para-hydroxylation sites is 2. The maximum absolute atomic E-state index is 11.4. The van der Waals surface area contributed by atoms with Gasteiger partial charge in [0.1, 0.15) is 9.84 Å². The lowest BCUT2D eigenvalue weighted by Crippen LogP contribution is -2.32. The molecule has 0 bridgehead atoms. The third-order valence-corrected chi connectivity index (χ3v) is 5.44. The molecule has 1 aliphatic heterocycles. The maximum Gasteiger partial charge on any atom is 0.229 e. The van der Waals surface area contributed by atoms with E-state index < -0.39 is 19.9 Å². The maximum atomic E-state index is 11.4. The molecule has 2 N–H and O–H groups in total. The topological polar surface area (TPSA) is 92.3 Å². The minimum absolute atomic E-state index is 0.0426. The second kappa shape index (κ2) is 5.61. The molecule has 0 radical (unpaired) electrons. The second-order valence-corrected chi connectivity index (χ2v) is 9.04. The first kappa shape index (κ1) is 15.1. The largest absolute Gasteiger partial charge is 0.381 e. The molecular weight excluding hydrogens is 300 g/mol. The number of anilines is 2. The van der Waals surface area contributed by atoms with Gasteiger partial charge in [-0.3, -0.25) is 4.72 Å². The molecule has 112 valence electrons. The van der Waals surface area contributed by atoms with Gasteiger partial charge < -0.3 is 5.32 Å². The van der Waals surface area contributed by atoms with Gasteiger partial charge in [-0.1, -0.05) is 12.1 Å².